The fraction of sp³-hybridized carbons (Fsp3) is 0.250. The standard InChI is InChI=1S/C32H29N9O4/c1-20(43)36-27-16-29(41(14-15-42)13-5-12-33)30(45-2)17-28(27)40-39-22-10-8-21(9-11-22)24(18-34)25(19-35)31-37-26-7-4-3-6-23(26)32(44)38-31/h3-4,6-11,16-17,24-25,42H,5,13-15H2,1-2H3,(H,36,43)(H,37,38,44). The van der Waals surface area contributed by atoms with E-state index in [1.165, 1.54) is 14.0 Å². The third-order valence-corrected chi connectivity index (χ3v) is 6.87. The summed E-state index contributed by atoms with van der Waals surface area (Å²) >= 11 is 0. The molecule has 2 atom stereocenters. The molecule has 45 heavy (non-hydrogen) atoms. The number of amides is 1. The summed E-state index contributed by atoms with van der Waals surface area (Å²) in [5.74, 6) is -1.81. The Kier molecular flexibility index (Phi) is 10.5. The number of nitriles is 3. The molecule has 0 aliphatic heterocycles. The third kappa shape index (κ3) is 7.46. The molecule has 3 aromatic carbocycles. The highest BCUT2D eigenvalue weighted by Gasteiger charge is 2.27. The van der Waals surface area contributed by atoms with Crippen LogP contribution in [0.1, 0.15) is 36.6 Å². The number of H-pyrrole nitrogens is 1. The summed E-state index contributed by atoms with van der Waals surface area (Å²) in [4.78, 5) is 33.4. The van der Waals surface area contributed by atoms with Gasteiger partial charge in [-0.05, 0) is 35.9 Å². The van der Waals surface area contributed by atoms with Crippen molar-refractivity contribution in [1.82, 2.24) is 9.97 Å². The molecule has 1 heterocycles. The Balaban J connectivity index is 1.64. The second-order valence-electron chi connectivity index (χ2n) is 9.81. The molecule has 13 nitrogen and oxygen atoms in total. The Morgan fingerprint density at radius 1 is 1.07 bits per heavy atom. The van der Waals surface area contributed by atoms with Crippen molar-refractivity contribution in [3.05, 3.63) is 82.4 Å². The predicted octanol–water partition coefficient (Wildman–Crippen LogP) is 4.93. The molecule has 0 saturated carbocycles. The summed E-state index contributed by atoms with van der Waals surface area (Å²) in [7, 11) is 1.47. The van der Waals surface area contributed by atoms with E-state index in [0.717, 1.165) is 0 Å². The van der Waals surface area contributed by atoms with Gasteiger partial charge in [0.1, 0.15) is 23.2 Å². The lowest BCUT2D eigenvalue weighted by molar-refractivity contribution is -0.114. The van der Waals surface area contributed by atoms with E-state index < -0.39 is 17.4 Å². The lowest BCUT2D eigenvalue weighted by Crippen LogP contribution is -2.28. The van der Waals surface area contributed by atoms with Crippen LogP contribution < -0.4 is 20.5 Å². The molecule has 0 saturated heterocycles. The Labute approximate surface area is 258 Å². The lowest BCUT2D eigenvalue weighted by atomic mass is 9.87. The number of para-hydroxylation sites is 1. The number of rotatable bonds is 12. The summed E-state index contributed by atoms with van der Waals surface area (Å²) < 4.78 is 5.56. The maximum absolute atomic E-state index is 12.6. The normalized spacial score (nSPS) is 12.1. The van der Waals surface area contributed by atoms with Crippen LogP contribution in [0.3, 0.4) is 0 Å². The van der Waals surface area contributed by atoms with Crippen LogP contribution in [0, 0.1) is 34.0 Å². The van der Waals surface area contributed by atoms with Gasteiger partial charge >= 0.3 is 0 Å². The summed E-state index contributed by atoms with van der Waals surface area (Å²) in [5.41, 5.74) is 2.18. The topological polar surface area (TPSA) is 204 Å². The number of azo groups is 1. The minimum Gasteiger partial charge on any atom is -0.494 e. The maximum atomic E-state index is 12.6. The van der Waals surface area contributed by atoms with E-state index in [1.807, 2.05) is 0 Å². The Bertz CT molecular complexity index is 1900. The van der Waals surface area contributed by atoms with Gasteiger partial charge in [-0.2, -0.15) is 20.9 Å². The van der Waals surface area contributed by atoms with Gasteiger partial charge < -0.3 is 25.0 Å². The molecule has 3 N–H and O–H groups in total. The largest absolute Gasteiger partial charge is 0.494 e. The molecule has 2 unspecified atom stereocenters. The number of aromatic nitrogens is 2. The Morgan fingerprint density at radius 2 is 1.80 bits per heavy atom. The number of benzene rings is 3. The van der Waals surface area contributed by atoms with E-state index in [4.69, 9.17) is 10.00 Å². The number of ether oxygens (including phenoxy) is 1. The van der Waals surface area contributed by atoms with E-state index in [-0.39, 0.29) is 31.3 Å². The summed E-state index contributed by atoms with van der Waals surface area (Å²) in [6.45, 7) is 1.78. The molecule has 226 valence electrons. The molecule has 0 aliphatic rings. The highest BCUT2D eigenvalue weighted by Crippen LogP contribution is 2.40. The van der Waals surface area contributed by atoms with Gasteiger partial charge in [0.2, 0.25) is 5.91 Å². The summed E-state index contributed by atoms with van der Waals surface area (Å²) in [6.07, 6.45) is 0.217. The van der Waals surface area contributed by atoms with Crippen LogP contribution in [0.15, 0.2) is 75.7 Å². The van der Waals surface area contributed by atoms with Gasteiger partial charge in [0.25, 0.3) is 5.56 Å². The van der Waals surface area contributed by atoms with E-state index in [2.05, 4.69) is 43.7 Å². The first-order chi connectivity index (χ1) is 21.8. The molecule has 0 aliphatic carbocycles. The number of methoxy groups -OCH3 is 1. The van der Waals surface area contributed by atoms with Crippen molar-refractivity contribution in [2.45, 2.75) is 25.2 Å². The highest BCUT2D eigenvalue weighted by molar-refractivity contribution is 5.93. The Morgan fingerprint density at radius 3 is 2.44 bits per heavy atom. The minimum absolute atomic E-state index is 0.101. The molecule has 0 fully saturated rings. The number of fused-ring (bicyclic) bond motifs is 1. The molecule has 0 bridgehead atoms. The molecular weight excluding hydrogens is 574 g/mol. The number of hydrogen-bond acceptors (Lipinski definition) is 11. The first-order valence-electron chi connectivity index (χ1n) is 13.9. The summed E-state index contributed by atoms with van der Waals surface area (Å²) in [5, 5.41) is 50.3. The van der Waals surface area contributed by atoms with Gasteiger partial charge in [0.15, 0.2) is 0 Å². The molecule has 13 heteroatoms. The van der Waals surface area contributed by atoms with Crippen molar-refractivity contribution in [1.29, 1.82) is 15.8 Å². The number of carbonyl (C=O) groups excluding carboxylic acids is 1. The molecular formula is C32H29N9O4. The van der Waals surface area contributed by atoms with E-state index in [9.17, 15) is 25.2 Å². The van der Waals surface area contributed by atoms with Crippen molar-refractivity contribution in [3.63, 3.8) is 0 Å². The van der Waals surface area contributed by atoms with Gasteiger partial charge in [-0.3, -0.25) is 9.59 Å². The number of anilines is 2. The molecule has 0 radical (unpaired) electrons. The first kappa shape index (κ1) is 31.8. The van der Waals surface area contributed by atoms with Gasteiger partial charge in [0.05, 0.1) is 72.2 Å². The quantitative estimate of drug-likeness (QED) is 0.187. The monoisotopic (exact) mass is 603 g/mol. The van der Waals surface area contributed by atoms with Crippen molar-refractivity contribution in [2.75, 3.05) is 37.0 Å². The van der Waals surface area contributed by atoms with E-state index in [0.29, 0.717) is 51.5 Å². The van der Waals surface area contributed by atoms with Crippen molar-refractivity contribution in [2.24, 2.45) is 10.2 Å². The van der Waals surface area contributed by atoms with Crippen LogP contribution in [-0.2, 0) is 4.79 Å². The molecule has 1 aromatic heterocycles. The van der Waals surface area contributed by atoms with Gasteiger partial charge in [0, 0.05) is 26.1 Å². The zero-order chi connectivity index (χ0) is 32.3. The Hall–Kier alpha value is -6.10. The fourth-order valence-corrected chi connectivity index (χ4v) is 4.75. The van der Waals surface area contributed by atoms with Crippen LogP contribution in [0.2, 0.25) is 0 Å². The zero-order valence-corrected chi connectivity index (χ0v) is 24.6. The van der Waals surface area contributed by atoms with Gasteiger partial charge in [-0.1, -0.05) is 24.3 Å². The van der Waals surface area contributed by atoms with E-state index >= 15 is 0 Å². The predicted molar refractivity (Wildman–Crippen MR) is 167 cm³/mol. The van der Waals surface area contributed by atoms with Gasteiger partial charge in [-0.25, -0.2) is 4.98 Å². The average Bonchev–Trinajstić information content (AvgIpc) is 3.04. The van der Waals surface area contributed by atoms with Crippen LogP contribution in [0.25, 0.3) is 10.9 Å². The number of aliphatic hydroxyl groups is 1. The number of aromatic amines is 1. The second kappa shape index (κ2) is 14.9. The molecule has 4 rings (SSSR count). The molecule has 1 amide bonds. The van der Waals surface area contributed by atoms with Crippen LogP contribution in [-0.4, -0.2) is 47.8 Å². The highest BCUT2D eigenvalue weighted by atomic mass is 16.5. The summed E-state index contributed by atoms with van der Waals surface area (Å²) in [6, 6.07) is 22.9. The van der Waals surface area contributed by atoms with Crippen LogP contribution in [0.5, 0.6) is 5.75 Å². The SMILES string of the molecule is COc1cc(N=Nc2ccc(C(C#N)C(C#N)c3nc4ccccc4c(=O)[nH]3)cc2)c(NC(C)=O)cc1N(CCO)CCC#N. The molecule has 0 spiro atoms. The maximum Gasteiger partial charge on any atom is 0.258 e. The smallest absolute Gasteiger partial charge is 0.258 e. The van der Waals surface area contributed by atoms with Crippen LogP contribution >= 0.6 is 0 Å². The number of nitrogens with one attached hydrogen (secondary N) is 2. The molecule has 4 aromatic rings. The number of nitrogens with zero attached hydrogens (tertiary/aromatic N) is 7. The third-order valence-electron chi connectivity index (χ3n) is 6.87. The number of aliphatic hydroxyl groups excluding tert-OH is 1. The van der Waals surface area contributed by atoms with E-state index in [1.54, 1.807) is 65.6 Å². The zero-order valence-electron chi connectivity index (χ0n) is 24.6. The van der Waals surface area contributed by atoms with Crippen LogP contribution in [0.4, 0.5) is 22.7 Å². The van der Waals surface area contributed by atoms with Crippen molar-refractivity contribution in [3.8, 4) is 24.0 Å². The minimum atomic E-state index is -1.04. The van der Waals surface area contributed by atoms with Gasteiger partial charge in [-0.15, -0.1) is 5.11 Å². The first-order valence-corrected chi connectivity index (χ1v) is 13.9. The van der Waals surface area contributed by atoms with Crippen molar-refractivity contribution < 1.29 is 14.6 Å². The number of carbonyl (C=O) groups is 1. The lowest BCUT2D eigenvalue weighted by Gasteiger charge is -2.26. The van der Waals surface area contributed by atoms with Crippen molar-refractivity contribution >= 4 is 39.6 Å². The average molecular weight is 604 g/mol. The fourth-order valence-electron chi connectivity index (χ4n) is 4.75. The second-order valence-corrected chi connectivity index (χ2v) is 9.81. The number of hydrogen-bond donors (Lipinski definition) is 3.